The summed E-state index contributed by atoms with van der Waals surface area (Å²) in [5.74, 6) is -6.54. The van der Waals surface area contributed by atoms with Gasteiger partial charge in [-0.3, -0.25) is 4.79 Å². The zero-order valence-corrected chi connectivity index (χ0v) is 9.30. The van der Waals surface area contributed by atoms with E-state index in [1.807, 2.05) is 17.4 Å². The predicted octanol–water partition coefficient (Wildman–Crippen LogP) is 2.17. The van der Waals surface area contributed by atoms with Crippen molar-refractivity contribution >= 4 is 5.91 Å². The smallest absolute Gasteiger partial charge is 0.347 e. The highest BCUT2D eigenvalue weighted by Gasteiger charge is 2.49. The molecule has 0 aliphatic heterocycles. The SMILES string of the molecule is O=C(NC1Cc2ccccc2C1)C(F)(F)C(F)F. The van der Waals surface area contributed by atoms with Gasteiger partial charge < -0.3 is 5.32 Å². The average Bonchev–Trinajstić information content (AvgIpc) is 2.70. The Morgan fingerprint density at radius 2 is 1.72 bits per heavy atom. The van der Waals surface area contributed by atoms with Crippen LogP contribution in [0.3, 0.4) is 0 Å². The monoisotopic (exact) mass is 261 g/mol. The molecule has 0 atom stereocenters. The van der Waals surface area contributed by atoms with Gasteiger partial charge in [0, 0.05) is 6.04 Å². The molecule has 18 heavy (non-hydrogen) atoms. The van der Waals surface area contributed by atoms with Crippen molar-refractivity contribution in [2.75, 3.05) is 0 Å². The number of halogens is 4. The lowest BCUT2D eigenvalue weighted by Gasteiger charge is -2.18. The van der Waals surface area contributed by atoms with Crippen molar-refractivity contribution in [3.05, 3.63) is 35.4 Å². The quantitative estimate of drug-likeness (QED) is 0.830. The first-order valence-electron chi connectivity index (χ1n) is 5.45. The zero-order chi connectivity index (χ0) is 13.3. The first-order chi connectivity index (χ1) is 8.41. The minimum absolute atomic E-state index is 0.390. The normalized spacial score (nSPS) is 15.8. The van der Waals surface area contributed by atoms with Crippen LogP contribution in [-0.4, -0.2) is 24.3 Å². The van der Waals surface area contributed by atoms with Crippen molar-refractivity contribution in [3.63, 3.8) is 0 Å². The van der Waals surface area contributed by atoms with Crippen LogP contribution in [0.15, 0.2) is 24.3 Å². The van der Waals surface area contributed by atoms with Crippen LogP contribution in [0.2, 0.25) is 0 Å². The van der Waals surface area contributed by atoms with E-state index in [1.165, 1.54) is 0 Å². The van der Waals surface area contributed by atoms with E-state index in [1.54, 1.807) is 12.1 Å². The van der Waals surface area contributed by atoms with Crippen LogP contribution in [0, 0.1) is 0 Å². The molecule has 0 fully saturated rings. The number of fused-ring (bicyclic) bond motifs is 1. The van der Waals surface area contributed by atoms with Gasteiger partial charge in [0.1, 0.15) is 0 Å². The molecule has 0 heterocycles. The molecule has 0 saturated heterocycles. The maximum atomic E-state index is 12.8. The molecule has 1 aliphatic rings. The Balaban J connectivity index is 2.00. The lowest BCUT2D eigenvalue weighted by atomic mass is 10.1. The molecule has 0 spiro atoms. The Bertz CT molecular complexity index is 436. The van der Waals surface area contributed by atoms with Crippen LogP contribution in [0.5, 0.6) is 0 Å². The highest BCUT2D eigenvalue weighted by molar-refractivity contribution is 5.84. The van der Waals surface area contributed by atoms with Crippen LogP contribution in [0.25, 0.3) is 0 Å². The average molecular weight is 261 g/mol. The van der Waals surface area contributed by atoms with Crippen molar-refractivity contribution in [1.82, 2.24) is 5.32 Å². The van der Waals surface area contributed by atoms with Gasteiger partial charge in [0.2, 0.25) is 0 Å². The van der Waals surface area contributed by atoms with Gasteiger partial charge in [0.25, 0.3) is 5.91 Å². The van der Waals surface area contributed by atoms with E-state index in [4.69, 9.17) is 0 Å². The molecule has 6 heteroatoms. The highest BCUT2D eigenvalue weighted by Crippen LogP contribution is 2.25. The predicted molar refractivity (Wildman–Crippen MR) is 56.7 cm³/mol. The second-order valence-corrected chi connectivity index (χ2v) is 4.27. The van der Waals surface area contributed by atoms with Crippen LogP contribution in [0.4, 0.5) is 17.6 Å². The molecule has 1 N–H and O–H groups in total. The fourth-order valence-electron chi connectivity index (χ4n) is 2.04. The van der Waals surface area contributed by atoms with Gasteiger partial charge in [-0.2, -0.15) is 8.78 Å². The van der Waals surface area contributed by atoms with Crippen molar-refractivity contribution in [2.24, 2.45) is 0 Å². The van der Waals surface area contributed by atoms with Crippen LogP contribution >= 0.6 is 0 Å². The summed E-state index contributed by atoms with van der Waals surface area (Å²) in [6.07, 6.45) is -3.20. The van der Waals surface area contributed by atoms with Crippen molar-refractivity contribution in [1.29, 1.82) is 0 Å². The van der Waals surface area contributed by atoms with E-state index >= 15 is 0 Å². The molecule has 0 saturated carbocycles. The van der Waals surface area contributed by atoms with Gasteiger partial charge >= 0.3 is 12.3 Å². The van der Waals surface area contributed by atoms with Gasteiger partial charge in [-0.15, -0.1) is 0 Å². The van der Waals surface area contributed by atoms with E-state index in [0.717, 1.165) is 11.1 Å². The summed E-state index contributed by atoms with van der Waals surface area (Å²) >= 11 is 0. The van der Waals surface area contributed by atoms with Gasteiger partial charge in [-0.25, -0.2) is 8.78 Å². The summed E-state index contributed by atoms with van der Waals surface area (Å²) < 4.78 is 49.5. The number of alkyl halides is 4. The summed E-state index contributed by atoms with van der Waals surface area (Å²) in [4.78, 5) is 11.1. The maximum Gasteiger partial charge on any atom is 0.383 e. The highest BCUT2D eigenvalue weighted by atomic mass is 19.3. The first-order valence-corrected chi connectivity index (χ1v) is 5.45. The number of nitrogens with one attached hydrogen (secondary N) is 1. The van der Waals surface area contributed by atoms with Crippen molar-refractivity contribution in [3.8, 4) is 0 Å². The lowest BCUT2D eigenvalue weighted by molar-refractivity contribution is -0.170. The van der Waals surface area contributed by atoms with Gasteiger partial charge in [0.15, 0.2) is 0 Å². The van der Waals surface area contributed by atoms with Crippen molar-refractivity contribution < 1.29 is 22.4 Å². The first kappa shape index (κ1) is 12.9. The molecule has 1 aromatic rings. The lowest BCUT2D eigenvalue weighted by Crippen LogP contribution is -2.49. The van der Waals surface area contributed by atoms with Gasteiger partial charge in [-0.05, 0) is 24.0 Å². The third-order valence-corrected chi connectivity index (χ3v) is 2.96. The molecule has 98 valence electrons. The molecule has 0 aromatic heterocycles. The van der Waals surface area contributed by atoms with Crippen LogP contribution in [-0.2, 0) is 17.6 Å². The number of carbonyl (C=O) groups is 1. The molecule has 0 bridgehead atoms. The molecule has 0 unspecified atom stereocenters. The fourth-order valence-corrected chi connectivity index (χ4v) is 2.04. The second-order valence-electron chi connectivity index (χ2n) is 4.27. The summed E-state index contributed by atoms with van der Waals surface area (Å²) in [5, 5.41) is 1.98. The second kappa shape index (κ2) is 4.59. The van der Waals surface area contributed by atoms with Crippen LogP contribution in [0.1, 0.15) is 11.1 Å². The number of rotatable bonds is 3. The molecule has 2 rings (SSSR count). The Morgan fingerprint density at radius 1 is 1.22 bits per heavy atom. The third-order valence-electron chi connectivity index (χ3n) is 2.96. The number of amides is 1. The Labute approximate surface area is 101 Å². The Morgan fingerprint density at radius 3 is 2.17 bits per heavy atom. The van der Waals surface area contributed by atoms with Gasteiger partial charge in [-0.1, -0.05) is 24.3 Å². The summed E-state index contributed by atoms with van der Waals surface area (Å²) in [6.45, 7) is 0. The number of hydrogen-bond donors (Lipinski definition) is 1. The summed E-state index contributed by atoms with van der Waals surface area (Å²) in [5.41, 5.74) is 1.89. The zero-order valence-electron chi connectivity index (χ0n) is 9.30. The molecule has 2 nitrogen and oxygen atoms in total. The molecular weight excluding hydrogens is 250 g/mol. The maximum absolute atomic E-state index is 12.8. The van der Waals surface area contributed by atoms with E-state index in [0.29, 0.717) is 12.8 Å². The molecule has 1 aliphatic carbocycles. The summed E-state index contributed by atoms with van der Waals surface area (Å²) in [6, 6.07) is 6.71. The summed E-state index contributed by atoms with van der Waals surface area (Å²) in [7, 11) is 0. The minimum atomic E-state index is -4.63. The number of carbonyl (C=O) groups excluding carboxylic acids is 1. The largest absolute Gasteiger partial charge is 0.383 e. The number of benzene rings is 1. The topological polar surface area (TPSA) is 29.1 Å². The fraction of sp³-hybridized carbons (Fsp3) is 0.417. The number of hydrogen-bond acceptors (Lipinski definition) is 1. The van der Waals surface area contributed by atoms with E-state index in [9.17, 15) is 22.4 Å². The Kier molecular flexibility index (Phi) is 3.28. The third kappa shape index (κ3) is 2.32. The van der Waals surface area contributed by atoms with E-state index < -0.39 is 24.3 Å². The minimum Gasteiger partial charge on any atom is -0.347 e. The van der Waals surface area contributed by atoms with E-state index in [-0.39, 0.29) is 0 Å². The molecule has 0 radical (unpaired) electrons. The molecule has 1 aromatic carbocycles. The molecule has 1 amide bonds. The standard InChI is InChI=1S/C12H11F4NO/c13-10(14)12(15,16)11(18)17-9-5-7-3-1-2-4-8(7)6-9/h1-4,9-10H,5-6H2,(H,17,18). The Hall–Kier alpha value is -1.59. The van der Waals surface area contributed by atoms with Crippen molar-refractivity contribution in [2.45, 2.75) is 31.2 Å². The van der Waals surface area contributed by atoms with E-state index in [2.05, 4.69) is 0 Å². The van der Waals surface area contributed by atoms with Crippen LogP contribution < -0.4 is 5.32 Å². The van der Waals surface area contributed by atoms with Gasteiger partial charge in [0.05, 0.1) is 0 Å². The molecular formula is C12H11F4NO.